The monoisotopic (exact) mass is 279 g/mol. The molecule has 0 radical (unpaired) electrons. The molecule has 4 nitrogen and oxygen atoms in total. The summed E-state index contributed by atoms with van der Waals surface area (Å²) >= 11 is 0. The average molecular weight is 279 g/mol. The van der Waals surface area contributed by atoms with Crippen LogP contribution >= 0.6 is 0 Å². The molecule has 0 aliphatic carbocycles. The second-order valence-corrected chi connectivity index (χ2v) is 5.49. The molecule has 4 heteroatoms. The molecule has 1 unspecified atom stereocenters. The maximum atomic E-state index is 5.60. The maximum Gasteiger partial charge on any atom is 0.161 e. The minimum Gasteiger partial charge on any atom is -0.486 e. The van der Waals surface area contributed by atoms with Gasteiger partial charge in [-0.15, -0.1) is 0 Å². The fourth-order valence-electron chi connectivity index (χ4n) is 2.31. The summed E-state index contributed by atoms with van der Waals surface area (Å²) in [7, 11) is 1.75. The van der Waals surface area contributed by atoms with Crippen LogP contribution in [0.5, 0.6) is 11.5 Å². The van der Waals surface area contributed by atoms with Crippen LogP contribution in [-0.4, -0.2) is 39.5 Å². The molecule has 1 aromatic rings. The van der Waals surface area contributed by atoms with E-state index in [-0.39, 0.29) is 0 Å². The molecule has 1 aromatic carbocycles. The topological polar surface area (TPSA) is 39.7 Å². The van der Waals surface area contributed by atoms with E-state index in [0.29, 0.717) is 25.2 Å². The zero-order valence-electron chi connectivity index (χ0n) is 12.6. The smallest absolute Gasteiger partial charge is 0.161 e. The van der Waals surface area contributed by atoms with Gasteiger partial charge in [-0.05, 0) is 36.6 Å². The van der Waals surface area contributed by atoms with E-state index in [1.807, 2.05) is 6.07 Å². The largest absolute Gasteiger partial charge is 0.486 e. The van der Waals surface area contributed by atoms with Gasteiger partial charge in [-0.1, -0.05) is 19.9 Å². The summed E-state index contributed by atoms with van der Waals surface area (Å²) in [6.45, 7) is 7.38. The third-order valence-corrected chi connectivity index (χ3v) is 3.58. The van der Waals surface area contributed by atoms with Crippen LogP contribution in [0.4, 0.5) is 0 Å². The Balaban J connectivity index is 1.84. The van der Waals surface area contributed by atoms with E-state index < -0.39 is 0 Å². The van der Waals surface area contributed by atoms with Gasteiger partial charge in [-0.3, -0.25) is 0 Å². The Kier molecular flexibility index (Phi) is 5.68. The number of methoxy groups -OCH3 is 1. The first-order chi connectivity index (χ1) is 9.70. The lowest BCUT2D eigenvalue weighted by Crippen LogP contribution is -2.38. The van der Waals surface area contributed by atoms with Gasteiger partial charge in [-0.2, -0.15) is 0 Å². The molecule has 0 spiro atoms. The standard InChI is InChI=1S/C16H25NO3/c1-12(2)14(11-18-3)17-7-6-13-4-5-15-16(10-13)20-9-8-19-15/h4-5,10,12,14,17H,6-9,11H2,1-3H3. The van der Waals surface area contributed by atoms with E-state index in [1.165, 1.54) is 5.56 Å². The molecular formula is C16H25NO3. The lowest BCUT2D eigenvalue weighted by atomic mass is 10.0. The van der Waals surface area contributed by atoms with Crippen LogP contribution in [0, 0.1) is 5.92 Å². The first kappa shape index (κ1) is 15.1. The molecular weight excluding hydrogens is 254 g/mol. The highest BCUT2D eigenvalue weighted by atomic mass is 16.6. The Hall–Kier alpha value is -1.26. The SMILES string of the molecule is COCC(NCCc1ccc2c(c1)OCCO2)C(C)C. The van der Waals surface area contributed by atoms with E-state index in [1.54, 1.807) is 7.11 Å². The third-order valence-electron chi connectivity index (χ3n) is 3.58. The first-order valence-electron chi connectivity index (χ1n) is 7.31. The lowest BCUT2D eigenvalue weighted by Gasteiger charge is -2.22. The minimum absolute atomic E-state index is 0.400. The van der Waals surface area contributed by atoms with E-state index in [2.05, 4.69) is 31.3 Å². The summed E-state index contributed by atoms with van der Waals surface area (Å²) in [4.78, 5) is 0. The summed E-state index contributed by atoms with van der Waals surface area (Å²) in [6, 6.07) is 6.59. The Bertz CT molecular complexity index is 420. The van der Waals surface area contributed by atoms with E-state index >= 15 is 0 Å². The van der Waals surface area contributed by atoms with Gasteiger partial charge in [0.2, 0.25) is 0 Å². The molecule has 0 fully saturated rings. The lowest BCUT2D eigenvalue weighted by molar-refractivity contribution is 0.147. The number of benzene rings is 1. The molecule has 1 aliphatic heterocycles. The number of fused-ring (bicyclic) bond motifs is 1. The van der Waals surface area contributed by atoms with Gasteiger partial charge in [-0.25, -0.2) is 0 Å². The molecule has 0 saturated carbocycles. The van der Waals surface area contributed by atoms with Crippen molar-refractivity contribution in [3.63, 3.8) is 0 Å². The fourth-order valence-corrected chi connectivity index (χ4v) is 2.31. The van der Waals surface area contributed by atoms with Crippen molar-refractivity contribution < 1.29 is 14.2 Å². The molecule has 1 N–H and O–H groups in total. The number of rotatable bonds is 7. The predicted octanol–water partition coefficient (Wildman–Crippen LogP) is 2.26. The Labute approximate surface area is 121 Å². The number of hydrogen-bond donors (Lipinski definition) is 1. The van der Waals surface area contributed by atoms with Crippen LogP contribution in [0.3, 0.4) is 0 Å². The second-order valence-electron chi connectivity index (χ2n) is 5.49. The quantitative estimate of drug-likeness (QED) is 0.831. The highest BCUT2D eigenvalue weighted by Crippen LogP contribution is 2.30. The van der Waals surface area contributed by atoms with Crippen LogP contribution in [0.25, 0.3) is 0 Å². The number of hydrogen-bond acceptors (Lipinski definition) is 4. The summed E-state index contributed by atoms with van der Waals surface area (Å²) in [5.74, 6) is 2.29. The van der Waals surface area contributed by atoms with E-state index in [9.17, 15) is 0 Å². The average Bonchev–Trinajstić information content (AvgIpc) is 2.46. The van der Waals surface area contributed by atoms with Crippen molar-refractivity contribution >= 4 is 0 Å². The Morgan fingerprint density at radius 1 is 1.20 bits per heavy atom. The van der Waals surface area contributed by atoms with Crippen LogP contribution in [0.15, 0.2) is 18.2 Å². The maximum absolute atomic E-state index is 5.60. The Morgan fingerprint density at radius 2 is 1.95 bits per heavy atom. The summed E-state index contributed by atoms with van der Waals surface area (Å²) in [6.07, 6.45) is 0.976. The third kappa shape index (κ3) is 4.12. The number of ether oxygens (including phenoxy) is 3. The molecule has 0 amide bonds. The number of nitrogens with one attached hydrogen (secondary N) is 1. The van der Waals surface area contributed by atoms with Gasteiger partial charge in [0.25, 0.3) is 0 Å². The van der Waals surface area contributed by atoms with Gasteiger partial charge in [0.15, 0.2) is 11.5 Å². The van der Waals surface area contributed by atoms with Crippen molar-refractivity contribution in [2.45, 2.75) is 26.3 Å². The molecule has 0 saturated heterocycles. The summed E-state index contributed by atoms with van der Waals surface area (Å²) in [5.41, 5.74) is 1.27. The van der Waals surface area contributed by atoms with Gasteiger partial charge >= 0.3 is 0 Å². The van der Waals surface area contributed by atoms with Crippen molar-refractivity contribution in [1.82, 2.24) is 5.32 Å². The fraction of sp³-hybridized carbons (Fsp3) is 0.625. The van der Waals surface area contributed by atoms with Crippen molar-refractivity contribution in [3.05, 3.63) is 23.8 Å². The van der Waals surface area contributed by atoms with Crippen LogP contribution in [-0.2, 0) is 11.2 Å². The van der Waals surface area contributed by atoms with Crippen molar-refractivity contribution in [3.8, 4) is 11.5 Å². The normalized spacial score (nSPS) is 15.4. The van der Waals surface area contributed by atoms with Crippen molar-refractivity contribution in [2.75, 3.05) is 33.5 Å². The van der Waals surface area contributed by atoms with E-state index in [0.717, 1.165) is 31.1 Å². The zero-order valence-corrected chi connectivity index (χ0v) is 12.6. The molecule has 0 aromatic heterocycles. The molecule has 0 bridgehead atoms. The molecule has 2 rings (SSSR count). The first-order valence-corrected chi connectivity index (χ1v) is 7.31. The summed E-state index contributed by atoms with van der Waals surface area (Å²) in [5, 5.41) is 3.55. The molecule has 112 valence electrons. The molecule has 1 aliphatic rings. The molecule has 20 heavy (non-hydrogen) atoms. The van der Waals surface area contributed by atoms with Gasteiger partial charge < -0.3 is 19.5 Å². The van der Waals surface area contributed by atoms with Crippen molar-refractivity contribution in [1.29, 1.82) is 0 Å². The van der Waals surface area contributed by atoms with E-state index in [4.69, 9.17) is 14.2 Å². The second kappa shape index (κ2) is 7.50. The van der Waals surface area contributed by atoms with Gasteiger partial charge in [0.1, 0.15) is 13.2 Å². The molecule has 1 heterocycles. The predicted molar refractivity (Wildman–Crippen MR) is 79.6 cm³/mol. The van der Waals surface area contributed by atoms with Crippen LogP contribution < -0.4 is 14.8 Å². The van der Waals surface area contributed by atoms with Crippen LogP contribution in [0.1, 0.15) is 19.4 Å². The Morgan fingerprint density at radius 3 is 2.65 bits per heavy atom. The molecule has 1 atom stereocenters. The minimum atomic E-state index is 0.400. The van der Waals surface area contributed by atoms with Gasteiger partial charge in [0.05, 0.1) is 6.61 Å². The van der Waals surface area contributed by atoms with Gasteiger partial charge in [0, 0.05) is 13.2 Å². The van der Waals surface area contributed by atoms with Crippen LogP contribution in [0.2, 0.25) is 0 Å². The van der Waals surface area contributed by atoms with Crippen molar-refractivity contribution in [2.24, 2.45) is 5.92 Å². The highest BCUT2D eigenvalue weighted by molar-refractivity contribution is 5.43. The highest BCUT2D eigenvalue weighted by Gasteiger charge is 2.13. The zero-order chi connectivity index (χ0) is 14.4. The summed E-state index contributed by atoms with van der Waals surface area (Å²) < 4.78 is 16.4.